The fourth-order valence-electron chi connectivity index (χ4n) is 3.15. The van der Waals surface area contributed by atoms with Gasteiger partial charge in [0, 0.05) is 35.9 Å². The van der Waals surface area contributed by atoms with Crippen LogP contribution in [0.3, 0.4) is 0 Å². The molecule has 1 saturated heterocycles. The Bertz CT molecular complexity index is 1150. The van der Waals surface area contributed by atoms with Crippen LogP contribution in [0, 0.1) is 5.92 Å². The first-order valence-electron chi connectivity index (χ1n) is 9.11. The van der Waals surface area contributed by atoms with Gasteiger partial charge in [0.1, 0.15) is 0 Å². The van der Waals surface area contributed by atoms with Gasteiger partial charge < -0.3 is 10.2 Å². The van der Waals surface area contributed by atoms with Crippen LogP contribution in [0.2, 0.25) is 0 Å². The Hall–Kier alpha value is -3.24. The van der Waals surface area contributed by atoms with Gasteiger partial charge in [0.2, 0.25) is 11.8 Å². The Morgan fingerprint density at radius 1 is 1.10 bits per heavy atom. The van der Waals surface area contributed by atoms with E-state index in [9.17, 15) is 18.0 Å². The molecule has 0 spiro atoms. The van der Waals surface area contributed by atoms with E-state index in [4.69, 9.17) is 0 Å². The van der Waals surface area contributed by atoms with Gasteiger partial charge in [-0.15, -0.1) is 11.3 Å². The minimum absolute atomic E-state index is 0.0574. The monoisotopic (exact) mass is 442 g/mol. The van der Waals surface area contributed by atoms with Crippen molar-refractivity contribution in [1.82, 2.24) is 4.98 Å². The molecule has 1 fully saturated rings. The molecule has 3 aromatic rings. The normalized spacial score (nSPS) is 16.5. The lowest BCUT2D eigenvalue weighted by Gasteiger charge is -2.16. The molecule has 2 amide bonds. The van der Waals surface area contributed by atoms with Gasteiger partial charge in [0.15, 0.2) is 5.13 Å². The van der Waals surface area contributed by atoms with Crippen molar-refractivity contribution >= 4 is 49.7 Å². The Morgan fingerprint density at radius 3 is 2.50 bits per heavy atom. The van der Waals surface area contributed by atoms with Crippen LogP contribution in [-0.4, -0.2) is 31.8 Å². The number of amides is 2. The summed E-state index contributed by atoms with van der Waals surface area (Å²) < 4.78 is 27.1. The predicted octanol–water partition coefficient (Wildman–Crippen LogP) is 2.94. The SMILES string of the molecule is O=C(Nc1ccc(S(=O)(=O)Nc2nccs2)cc1)[C@H]1CC(=O)N(c2ccccc2)C1. The van der Waals surface area contributed by atoms with E-state index in [2.05, 4.69) is 15.0 Å². The smallest absolute Gasteiger partial charge is 0.263 e. The van der Waals surface area contributed by atoms with Crippen LogP contribution >= 0.6 is 11.3 Å². The number of carbonyl (C=O) groups excluding carboxylic acids is 2. The number of rotatable bonds is 6. The molecule has 0 radical (unpaired) electrons. The van der Waals surface area contributed by atoms with E-state index in [0.29, 0.717) is 12.2 Å². The lowest BCUT2D eigenvalue weighted by atomic mass is 10.1. The molecule has 0 saturated carbocycles. The molecule has 1 aromatic heterocycles. The van der Waals surface area contributed by atoms with Gasteiger partial charge in [-0.1, -0.05) is 18.2 Å². The zero-order chi connectivity index (χ0) is 21.1. The van der Waals surface area contributed by atoms with Crippen molar-refractivity contribution < 1.29 is 18.0 Å². The Labute approximate surface area is 177 Å². The Morgan fingerprint density at radius 2 is 1.83 bits per heavy atom. The molecule has 10 heteroatoms. The summed E-state index contributed by atoms with van der Waals surface area (Å²) in [6.07, 6.45) is 1.64. The first kappa shape index (κ1) is 20.0. The van der Waals surface area contributed by atoms with Crippen molar-refractivity contribution in [2.45, 2.75) is 11.3 Å². The van der Waals surface area contributed by atoms with Crippen LogP contribution in [0.4, 0.5) is 16.5 Å². The van der Waals surface area contributed by atoms with Gasteiger partial charge in [0.05, 0.1) is 10.8 Å². The number of benzene rings is 2. The second-order valence-corrected chi connectivity index (χ2v) is 9.27. The third-order valence-corrected chi connectivity index (χ3v) is 6.82. The summed E-state index contributed by atoms with van der Waals surface area (Å²) in [5.41, 5.74) is 1.22. The van der Waals surface area contributed by atoms with E-state index in [1.54, 1.807) is 10.3 Å². The highest BCUT2D eigenvalue weighted by atomic mass is 32.2. The summed E-state index contributed by atoms with van der Waals surface area (Å²) in [6.45, 7) is 0.304. The number of nitrogens with zero attached hydrogens (tertiary/aromatic N) is 2. The van der Waals surface area contributed by atoms with Crippen LogP contribution in [-0.2, 0) is 19.6 Å². The summed E-state index contributed by atoms with van der Waals surface area (Å²) in [4.78, 5) is 30.5. The highest BCUT2D eigenvalue weighted by Gasteiger charge is 2.35. The Balaban J connectivity index is 1.40. The molecule has 154 valence electrons. The third kappa shape index (κ3) is 4.34. The standard InChI is InChI=1S/C20H18N4O4S2/c25-18-12-14(13-24(18)16-4-2-1-3-5-16)19(26)22-15-6-8-17(9-7-15)30(27,28)23-20-21-10-11-29-20/h1-11,14H,12-13H2,(H,21,23)(H,22,26)/t14-/m0/s1. The number of hydrogen-bond acceptors (Lipinski definition) is 6. The minimum Gasteiger partial charge on any atom is -0.326 e. The van der Waals surface area contributed by atoms with Crippen molar-refractivity contribution in [2.24, 2.45) is 5.92 Å². The van der Waals surface area contributed by atoms with Crippen molar-refractivity contribution in [3.05, 3.63) is 66.2 Å². The quantitative estimate of drug-likeness (QED) is 0.610. The second-order valence-electron chi connectivity index (χ2n) is 6.70. The summed E-state index contributed by atoms with van der Waals surface area (Å²) >= 11 is 1.18. The van der Waals surface area contributed by atoms with Gasteiger partial charge in [-0.05, 0) is 36.4 Å². The molecule has 8 nitrogen and oxygen atoms in total. The number of nitrogens with one attached hydrogen (secondary N) is 2. The first-order chi connectivity index (χ1) is 14.4. The molecular formula is C20H18N4O4S2. The van der Waals surface area contributed by atoms with Crippen molar-refractivity contribution in [2.75, 3.05) is 21.5 Å². The minimum atomic E-state index is -3.76. The summed E-state index contributed by atoms with van der Waals surface area (Å²) in [6, 6.07) is 15.0. The van der Waals surface area contributed by atoms with Crippen molar-refractivity contribution in [3.63, 3.8) is 0 Å². The predicted molar refractivity (Wildman–Crippen MR) is 115 cm³/mol. The molecule has 30 heavy (non-hydrogen) atoms. The fourth-order valence-corrected chi connectivity index (χ4v) is 4.94. The van der Waals surface area contributed by atoms with Crippen LogP contribution < -0.4 is 14.9 Å². The Kier molecular flexibility index (Phi) is 5.51. The lowest BCUT2D eigenvalue weighted by Crippen LogP contribution is -2.28. The van der Waals surface area contributed by atoms with E-state index < -0.39 is 15.9 Å². The maximum atomic E-state index is 12.6. The van der Waals surface area contributed by atoms with E-state index in [-0.39, 0.29) is 28.3 Å². The van der Waals surface area contributed by atoms with Gasteiger partial charge in [-0.25, -0.2) is 13.4 Å². The molecule has 2 heterocycles. The number of aromatic nitrogens is 1. The summed E-state index contributed by atoms with van der Waals surface area (Å²) in [7, 11) is -3.76. The molecule has 1 atom stereocenters. The molecule has 0 bridgehead atoms. The fraction of sp³-hybridized carbons (Fsp3) is 0.150. The average Bonchev–Trinajstić information content (AvgIpc) is 3.38. The second kappa shape index (κ2) is 8.25. The number of hydrogen-bond donors (Lipinski definition) is 2. The van der Waals surface area contributed by atoms with Crippen LogP contribution in [0.15, 0.2) is 71.1 Å². The van der Waals surface area contributed by atoms with Gasteiger partial charge in [-0.3, -0.25) is 14.3 Å². The van der Waals surface area contributed by atoms with E-state index >= 15 is 0 Å². The highest BCUT2D eigenvalue weighted by Crippen LogP contribution is 2.26. The van der Waals surface area contributed by atoms with Crippen LogP contribution in [0.1, 0.15) is 6.42 Å². The van der Waals surface area contributed by atoms with Gasteiger partial charge >= 0.3 is 0 Å². The maximum absolute atomic E-state index is 12.6. The largest absolute Gasteiger partial charge is 0.326 e. The highest BCUT2D eigenvalue weighted by molar-refractivity contribution is 7.93. The summed E-state index contributed by atoms with van der Waals surface area (Å²) in [5.74, 6) is -0.859. The van der Waals surface area contributed by atoms with E-state index in [1.165, 1.54) is 41.8 Å². The molecule has 4 rings (SSSR count). The van der Waals surface area contributed by atoms with E-state index in [0.717, 1.165) is 5.69 Å². The molecule has 0 unspecified atom stereocenters. The molecule has 0 aliphatic carbocycles. The van der Waals surface area contributed by atoms with Crippen molar-refractivity contribution in [1.29, 1.82) is 0 Å². The maximum Gasteiger partial charge on any atom is 0.263 e. The average molecular weight is 443 g/mol. The van der Waals surface area contributed by atoms with Crippen LogP contribution in [0.25, 0.3) is 0 Å². The van der Waals surface area contributed by atoms with Gasteiger partial charge in [-0.2, -0.15) is 0 Å². The number of para-hydroxylation sites is 1. The van der Waals surface area contributed by atoms with Crippen LogP contribution in [0.5, 0.6) is 0 Å². The van der Waals surface area contributed by atoms with E-state index in [1.807, 2.05) is 30.3 Å². The molecular weight excluding hydrogens is 424 g/mol. The van der Waals surface area contributed by atoms with Gasteiger partial charge in [0.25, 0.3) is 10.0 Å². The number of thiazole rings is 1. The number of anilines is 3. The van der Waals surface area contributed by atoms with Crippen molar-refractivity contribution in [3.8, 4) is 0 Å². The number of carbonyl (C=O) groups is 2. The molecule has 1 aliphatic rings. The molecule has 1 aliphatic heterocycles. The number of sulfonamides is 1. The topological polar surface area (TPSA) is 108 Å². The third-order valence-electron chi connectivity index (χ3n) is 4.65. The zero-order valence-corrected chi connectivity index (χ0v) is 17.3. The first-order valence-corrected chi connectivity index (χ1v) is 11.5. The zero-order valence-electron chi connectivity index (χ0n) is 15.7. The lowest BCUT2D eigenvalue weighted by molar-refractivity contribution is -0.122. The molecule has 2 aromatic carbocycles. The molecule has 2 N–H and O–H groups in total. The summed E-state index contributed by atoms with van der Waals surface area (Å²) in [5, 5.41) is 4.71.